The predicted molar refractivity (Wildman–Crippen MR) is 82.0 cm³/mol. The van der Waals surface area contributed by atoms with Gasteiger partial charge >= 0.3 is 0 Å². The van der Waals surface area contributed by atoms with Crippen LogP contribution in [0.3, 0.4) is 0 Å². The van der Waals surface area contributed by atoms with Crippen LogP contribution in [0.15, 0.2) is 12.1 Å². The predicted octanol–water partition coefficient (Wildman–Crippen LogP) is 3.26. The van der Waals surface area contributed by atoms with Crippen LogP contribution >= 0.6 is 12.2 Å². The highest BCUT2D eigenvalue weighted by Gasteiger charge is 2.10. The highest BCUT2D eigenvalue weighted by Crippen LogP contribution is 2.17. The number of thiocarbonyl (C=S) groups is 1. The Morgan fingerprint density at radius 2 is 2.00 bits per heavy atom. The van der Waals surface area contributed by atoms with Crippen molar-refractivity contribution in [2.24, 2.45) is 11.7 Å². The Morgan fingerprint density at radius 1 is 1.33 bits per heavy atom. The van der Waals surface area contributed by atoms with Crippen molar-refractivity contribution < 1.29 is 0 Å². The van der Waals surface area contributed by atoms with E-state index in [0.29, 0.717) is 11.0 Å². The van der Waals surface area contributed by atoms with Crippen LogP contribution < -0.4 is 11.1 Å². The van der Waals surface area contributed by atoms with Crippen molar-refractivity contribution in [3.63, 3.8) is 0 Å². The number of hydrogen-bond donors (Lipinski definition) is 2. The highest BCUT2D eigenvalue weighted by atomic mass is 32.1. The molecule has 3 N–H and O–H groups in total. The number of aromatic nitrogens is 1. The molecule has 100 valence electrons. The molecule has 1 unspecified atom stereocenters. The molecule has 0 saturated carbocycles. The van der Waals surface area contributed by atoms with Crippen LogP contribution in [0.2, 0.25) is 0 Å². The standard InChI is InChI=1S/C14H23N3S/c1-9(2)5-6-10(3)16-14-12(13(15)18)8-7-11(4)17-14/h7-10H,5-6H2,1-4H3,(H2,15,18)(H,16,17). The van der Waals surface area contributed by atoms with Gasteiger partial charge in [0.2, 0.25) is 0 Å². The van der Waals surface area contributed by atoms with Gasteiger partial charge in [-0.3, -0.25) is 0 Å². The van der Waals surface area contributed by atoms with Crippen LogP contribution in [0.25, 0.3) is 0 Å². The lowest BCUT2D eigenvalue weighted by atomic mass is 10.0. The van der Waals surface area contributed by atoms with E-state index in [1.807, 2.05) is 19.1 Å². The Balaban J connectivity index is 2.76. The second-order valence-corrected chi connectivity index (χ2v) is 5.67. The fraction of sp³-hybridized carbons (Fsp3) is 0.571. The molecule has 1 aromatic rings. The first-order valence-corrected chi connectivity index (χ1v) is 6.85. The lowest BCUT2D eigenvalue weighted by Gasteiger charge is -2.18. The van der Waals surface area contributed by atoms with Crippen LogP contribution in [-0.4, -0.2) is 16.0 Å². The number of anilines is 1. The van der Waals surface area contributed by atoms with Crippen LogP contribution in [0.4, 0.5) is 5.82 Å². The molecule has 0 radical (unpaired) electrons. The summed E-state index contributed by atoms with van der Waals surface area (Å²) in [5.41, 5.74) is 7.51. The summed E-state index contributed by atoms with van der Waals surface area (Å²) >= 11 is 5.05. The SMILES string of the molecule is Cc1ccc(C(N)=S)c(NC(C)CCC(C)C)n1. The Labute approximate surface area is 115 Å². The molecule has 1 atom stereocenters. The van der Waals surface area contributed by atoms with Gasteiger partial charge in [0, 0.05) is 11.7 Å². The van der Waals surface area contributed by atoms with Gasteiger partial charge in [-0.15, -0.1) is 0 Å². The summed E-state index contributed by atoms with van der Waals surface area (Å²) in [5, 5.41) is 3.41. The molecule has 1 aromatic heterocycles. The topological polar surface area (TPSA) is 50.9 Å². The fourth-order valence-corrected chi connectivity index (χ4v) is 1.92. The van der Waals surface area contributed by atoms with E-state index in [2.05, 4.69) is 31.1 Å². The van der Waals surface area contributed by atoms with E-state index in [-0.39, 0.29) is 0 Å². The molecular weight excluding hydrogens is 242 g/mol. The van der Waals surface area contributed by atoms with Crippen LogP contribution in [0, 0.1) is 12.8 Å². The summed E-state index contributed by atoms with van der Waals surface area (Å²) < 4.78 is 0. The minimum Gasteiger partial charge on any atom is -0.389 e. The summed E-state index contributed by atoms with van der Waals surface area (Å²) in [6.07, 6.45) is 2.31. The third kappa shape index (κ3) is 4.61. The van der Waals surface area contributed by atoms with E-state index in [0.717, 1.165) is 29.4 Å². The molecular formula is C14H23N3S. The molecule has 0 fully saturated rings. The molecule has 1 heterocycles. The van der Waals surface area contributed by atoms with Crippen molar-refractivity contribution in [1.29, 1.82) is 0 Å². The molecule has 1 rings (SSSR count). The van der Waals surface area contributed by atoms with Gasteiger partial charge < -0.3 is 11.1 Å². The summed E-state index contributed by atoms with van der Waals surface area (Å²) in [5.74, 6) is 1.52. The van der Waals surface area contributed by atoms with Gasteiger partial charge in [-0.25, -0.2) is 4.98 Å². The van der Waals surface area contributed by atoms with Gasteiger partial charge in [0.15, 0.2) is 0 Å². The lowest BCUT2D eigenvalue weighted by molar-refractivity contribution is 0.527. The Hall–Kier alpha value is -1.16. The molecule has 0 spiro atoms. The highest BCUT2D eigenvalue weighted by molar-refractivity contribution is 7.80. The van der Waals surface area contributed by atoms with Crippen molar-refractivity contribution in [1.82, 2.24) is 4.98 Å². The number of nitrogens with two attached hydrogens (primary N) is 1. The average Bonchev–Trinajstić information content (AvgIpc) is 2.26. The summed E-state index contributed by atoms with van der Waals surface area (Å²) in [7, 11) is 0. The normalized spacial score (nSPS) is 12.5. The maximum Gasteiger partial charge on any atom is 0.136 e. The van der Waals surface area contributed by atoms with Crippen molar-refractivity contribution in [3.8, 4) is 0 Å². The largest absolute Gasteiger partial charge is 0.389 e. The third-order valence-corrected chi connectivity index (χ3v) is 3.08. The first-order valence-electron chi connectivity index (χ1n) is 6.44. The van der Waals surface area contributed by atoms with E-state index < -0.39 is 0 Å². The Morgan fingerprint density at radius 3 is 2.56 bits per heavy atom. The summed E-state index contributed by atoms with van der Waals surface area (Å²) in [6, 6.07) is 4.23. The van der Waals surface area contributed by atoms with E-state index in [9.17, 15) is 0 Å². The van der Waals surface area contributed by atoms with Crippen LogP contribution in [0.5, 0.6) is 0 Å². The zero-order chi connectivity index (χ0) is 13.7. The van der Waals surface area contributed by atoms with Crippen molar-refractivity contribution in [3.05, 3.63) is 23.4 Å². The molecule has 0 aliphatic carbocycles. The molecule has 4 heteroatoms. The van der Waals surface area contributed by atoms with E-state index in [1.54, 1.807) is 0 Å². The second-order valence-electron chi connectivity index (χ2n) is 5.23. The van der Waals surface area contributed by atoms with E-state index in [4.69, 9.17) is 18.0 Å². The van der Waals surface area contributed by atoms with Gasteiger partial charge in [-0.2, -0.15) is 0 Å². The molecule has 0 saturated heterocycles. The van der Waals surface area contributed by atoms with Crippen LogP contribution in [-0.2, 0) is 0 Å². The zero-order valence-electron chi connectivity index (χ0n) is 11.7. The van der Waals surface area contributed by atoms with Crippen LogP contribution in [0.1, 0.15) is 44.9 Å². The fourth-order valence-electron chi connectivity index (χ4n) is 1.75. The quantitative estimate of drug-likeness (QED) is 0.775. The maximum absolute atomic E-state index is 5.71. The van der Waals surface area contributed by atoms with Gasteiger partial charge in [0.25, 0.3) is 0 Å². The molecule has 18 heavy (non-hydrogen) atoms. The van der Waals surface area contributed by atoms with Crippen molar-refractivity contribution >= 4 is 23.0 Å². The molecule has 3 nitrogen and oxygen atoms in total. The van der Waals surface area contributed by atoms with Gasteiger partial charge in [0.1, 0.15) is 10.8 Å². The number of aryl methyl sites for hydroxylation is 1. The first-order chi connectivity index (χ1) is 8.40. The number of hydrogen-bond acceptors (Lipinski definition) is 3. The molecule has 0 aliphatic rings. The third-order valence-electron chi connectivity index (χ3n) is 2.86. The van der Waals surface area contributed by atoms with Crippen molar-refractivity contribution in [2.45, 2.75) is 46.6 Å². The van der Waals surface area contributed by atoms with E-state index >= 15 is 0 Å². The number of rotatable bonds is 6. The molecule has 0 aliphatic heterocycles. The van der Waals surface area contributed by atoms with Gasteiger partial charge in [0.05, 0.1) is 5.56 Å². The Kier molecular flexibility index (Phi) is 5.54. The smallest absolute Gasteiger partial charge is 0.136 e. The average molecular weight is 265 g/mol. The first kappa shape index (κ1) is 14.9. The lowest BCUT2D eigenvalue weighted by Crippen LogP contribution is -2.21. The summed E-state index contributed by atoms with van der Waals surface area (Å²) in [4.78, 5) is 4.87. The van der Waals surface area contributed by atoms with E-state index in [1.165, 1.54) is 6.42 Å². The summed E-state index contributed by atoms with van der Waals surface area (Å²) in [6.45, 7) is 8.60. The van der Waals surface area contributed by atoms with Crippen molar-refractivity contribution in [2.75, 3.05) is 5.32 Å². The van der Waals surface area contributed by atoms with Gasteiger partial charge in [-0.05, 0) is 44.7 Å². The Bertz CT molecular complexity index is 416. The molecule has 0 aromatic carbocycles. The maximum atomic E-state index is 5.71. The zero-order valence-corrected chi connectivity index (χ0v) is 12.5. The monoisotopic (exact) mass is 265 g/mol. The van der Waals surface area contributed by atoms with Gasteiger partial charge in [-0.1, -0.05) is 26.1 Å². The number of nitrogens with zero attached hydrogens (tertiary/aromatic N) is 1. The molecule has 0 bridgehead atoms. The second kappa shape index (κ2) is 6.69. The molecule has 0 amide bonds. The number of pyridine rings is 1. The minimum absolute atomic E-state index is 0.370. The minimum atomic E-state index is 0.370. The number of nitrogens with one attached hydrogen (secondary N) is 1.